The molecule has 0 unspecified atom stereocenters. The Labute approximate surface area is 179 Å². The normalized spacial score (nSPS) is 26.6. The highest BCUT2D eigenvalue weighted by Crippen LogP contribution is 2.63. The number of nitrogens with one attached hydrogen (secondary N) is 1. The van der Waals surface area contributed by atoms with Crippen LogP contribution < -0.4 is 5.32 Å². The van der Waals surface area contributed by atoms with E-state index in [4.69, 9.17) is 4.74 Å². The van der Waals surface area contributed by atoms with Gasteiger partial charge >= 0.3 is 6.09 Å². The molecule has 1 atom stereocenters. The van der Waals surface area contributed by atoms with Gasteiger partial charge in [-0.25, -0.2) is 17.6 Å². The maximum absolute atomic E-state index is 14.8. The van der Waals surface area contributed by atoms with Gasteiger partial charge in [-0.15, -0.1) is 0 Å². The van der Waals surface area contributed by atoms with E-state index in [-0.39, 0.29) is 11.4 Å². The number of nitrogens with zero attached hydrogens (tertiary/aromatic N) is 1. The molecule has 1 amide bonds. The molecule has 1 spiro atoms. The van der Waals surface area contributed by atoms with Gasteiger partial charge in [0.05, 0.1) is 0 Å². The Bertz CT molecular complexity index is 1010. The van der Waals surface area contributed by atoms with Crippen molar-refractivity contribution in [2.75, 3.05) is 0 Å². The van der Waals surface area contributed by atoms with Crippen LogP contribution in [0.4, 0.5) is 9.18 Å². The summed E-state index contributed by atoms with van der Waals surface area (Å²) in [7, 11) is -3.84. The second-order valence-corrected chi connectivity index (χ2v) is 13.0. The lowest BCUT2D eigenvalue weighted by Gasteiger charge is -2.45. The van der Waals surface area contributed by atoms with Crippen molar-refractivity contribution < 1.29 is 22.3 Å². The summed E-state index contributed by atoms with van der Waals surface area (Å²) in [6, 6.07) is 4.38. The fourth-order valence-electron chi connectivity index (χ4n) is 3.96. The third-order valence-electron chi connectivity index (χ3n) is 5.76. The maximum atomic E-state index is 14.8. The third-order valence-corrected chi connectivity index (χ3v) is 9.62. The van der Waals surface area contributed by atoms with Crippen molar-refractivity contribution >= 4 is 37.7 Å². The standard InChI is InChI=1S/C20H26BrFN2O4S/c1-17(2,3)28-16(25)23-15-18(4,5)29(26,27)20(9-10-20)19(6,24-15)13-11-12(21)7-8-14(13)22/h7-8,11H,9-10H2,1-6H3,(H,23,24,25)/t19-/m1/s1. The van der Waals surface area contributed by atoms with Gasteiger partial charge in [-0.3, -0.25) is 10.3 Å². The van der Waals surface area contributed by atoms with Crippen LogP contribution in [0, 0.1) is 5.82 Å². The number of hydrogen-bond donors (Lipinski definition) is 1. The molecule has 2 aliphatic rings. The SMILES string of the molecule is CC(C)(C)OC(=O)NC1=N[C@](C)(c2cc(Br)ccc2F)C2(CC2)S(=O)(=O)C1(C)C. The van der Waals surface area contributed by atoms with Gasteiger partial charge in [-0.05, 0) is 72.6 Å². The van der Waals surface area contributed by atoms with Gasteiger partial charge < -0.3 is 4.74 Å². The fraction of sp³-hybridized carbons (Fsp3) is 0.600. The number of halogens is 2. The first kappa shape index (κ1) is 22.2. The molecule has 1 aromatic carbocycles. The number of aliphatic imine (C=N–C) groups is 1. The molecule has 1 heterocycles. The number of alkyl carbamates (subject to hydrolysis) is 1. The van der Waals surface area contributed by atoms with Crippen molar-refractivity contribution in [3.8, 4) is 0 Å². The zero-order chi connectivity index (χ0) is 22.0. The lowest BCUT2D eigenvalue weighted by molar-refractivity contribution is 0.0560. The van der Waals surface area contributed by atoms with Gasteiger partial charge in [0.25, 0.3) is 0 Å². The van der Waals surface area contributed by atoms with E-state index in [1.807, 2.05) is 0 Å². The van der Waals surface area contributed by atoms with Crippen LogP contribution >= 0.6 is 15.9 Å². The first-order valence-electron chi connectivity index (χ1n) is 9.37. The van der Waals surface area contributed by atoms with Gasteiger partial charge in [0.1, 0.15) is 32.3 Å². The minimum absolute atomic E-state index is 0.0499. The van der Waals surface area contributed by atoms with Gasteiger partial charge in [-0.2, -0.15) is 0 Å². The number of rotatable bonds is 1. The number of carbonyl (C=O) groups is 1. The van der Waals surface area contributed by atoms with E-state index in [0.717, 1.165) is 0 Å². The summed E-state index contributed by atoms with van der Waals surface area (Å²) in [6.07, 6.45) is -0.0437. The zero-order valence-electron chi connectivity index (χ0n) is 17.4. The molecule has 0 radical (unpaired) electrons. The van der Waals surface area contributed by atoms with E-state index in [1.54, 1.807) is 39.8 Å². The van der Waals surface area contributed by atoms with Crippen LogP contribution in [0.15, 0.2) is 27.7 Å². The highest BCUT2D eigenvalue weighted by molar-refractivity contribution is 9.10. The van der Waals surface area contributed by atoms with Gasteiger partial charge in [0.2, 0.25) is 0 Å². The van der Waals surface area contributed by atoms with E-state index < -0.39 is 42.4 Å². The van der Waals surface area contributed by atoms with E-state index in [0.29, 0.717) is 17.3 Å². The summed E-state index contributed by atoms with van der Waals surface area (Å²) in [6.45, 7) is 9.76. The second-order valence-electron chi connectivity index (χ2n) is 9.29. The molecule has 1 aliphatic heterocycles. The van der Waals surface area contributed by atoms with E-state index in [9.17, 15) is 17.6 Å². The molecule has 1 N–H and O–H groups in total. The molecule has 0 saturated heterocycles. The summed E-state index contributed by atoms with van der Waals surface area (Å²) < 4.78 is 45.4. The molecule has 0 bridgehead atoms. The minimum Gasteiger partial charge on any atom is -0.444 e. The number of sulfone groups is 1. The highest BCUT2D eigenvalue weighted by Gasteiger charge is 2.73. The number of ether oxygens (including phenoxy) is 1. The summed E-state index contributed by atoms with van der Waals surface area (Å²) in [5, 5.41) is 2.52. The lowest BCUT2D eigenvalue weighted by atomic mass is 9.85. The Balaban J connectivity index is 2.20. The van der Waals surface area contributed by atoms with E-state index >= 15 is 0 Å². The summed E-state index contributed by atoms with van der Waals surface area (Å²) in [5.74, 6) is -0.594. The fourth-order valence-corrected chi connectivity index (χ4v) is 6.97. The second kappa shape index (κ2) is 6.51. The molecular formula is C20H26BrFN2O4S. The first-order chi connectivity index (χ1) is 13.1. The molecule has 1 fully saturated rings. The van der Waals surface area contributed by atoms with Crippen LogP contribution in [0.25, 0.3) is 0 Å². The molecule has 160 valence electrons. The van der Waals surface area contributed by atoms with E-state index in [2.05, 4.69) is 26.2 Å². The van der Waals surface area contributed by atoms with Crippen molar-refractivity contribution in [1.29, 1.82) is 0 Å². The zero-order valence-corrected chi connectivity index (χ0v) is 19.8. The van der Waals surface area contributed by atoms with Crippen LogP contribution in [-0.2, 0) is 20.1 Å². The van der Waals surface area contributed by atoms with Crippen LogP contribution in [0.5, 0.6) is 0 Å². The average Bonchev–Trinajstić information content (AvgIpc) is 3.36. The van der Waals surface area contributed by atoms with Gasteiger partial charge in [0, 0.05) is 10.0 Å². The van der Waals surface area contributed by atoms with Crippen LogP contribution in [0.1, 0.15) is 59.9 Å². The number of amides is 1. The van der Waals surface area contributed by atoms with Crippen LogP contribution in [0.2, 0.25) is 0 Å². The van der Waals surface area contributed by atoms with Crippen molar-refractivity contribution in [2.24, 2.45) is 4.99 Å². The van der Waals surface area contributed by atoms with Crippen molar-refractivity contribution in [1.82, 2.24) is 5.32 Å². The summed E-state index contributed by atoms with van der Waals surface area (Å²) >= 11 is 3.33. The molecule has 9 heteroatoms. The summed E-state index contributed by atoms with van der Waals surface area (Å²) in [4.78, 5) is 17.1. The largest absolute Gasteiger partial charge is 0.444 e. The van der Waals surface area contributed by atoms with Crippen molar-refractivity contribution in [3.63, 3.8) is 0 Å². The molecule has 3 rings (SSSR count). The van der Waals surface area contributed by atoms with Crippen LogP contribution in [-0.4, -0.2) is 35.4 Å². The molecular weight excluding hydrogens is 463 g/mol. The third kappa shape index (κ3) is 3.30. The number of amidine groups is 1. The average molecular weight is 489 g/mol. The predicted molar refractivity (Wildman–Crippen MR) is 113 cm³/mol. The Hall–Kier alpha value is -1.48. The number of benzene rings is 1. The Morgan fingerprint density at radius 2 is 1.83 bits per heavy atom. The highest BCUT2D eigenvalue weighted by atomic mass is 79.9. The van der Waals surface area contributed by atoms with Crippen LogP contribution in [0.3, 0.4) is 0 Å². The quantitative estimate of drug-likeness (QED) is 0.631. The molecule has 29 heavy (non-hydrogen) atoms. The minimum atomic E-state index is -3.84. The molecule has 1 aromatic rings. The van der Waals surface area contributed by atoms with Gasteiger partial charge in [0.15, 0.2) is 9.84 Å². The smallest absolute Gasteiger partial charge is 0.413 e. The Morgan fingerprint density at radius 3 is 2.34 bits per heavy atom. The van der Waals surface area contributed by atoms with Crippen molar-refractivity contribution in [2.45, 2.75) is 75.0 Å². The number of hydrogen-bond acceptors (Lipinski definition) is 5. The number of carbonyl (C=O) groups excluding carboxylic acids is 1. The Kier molecular flexibility index (Phi) is 4.98. The first-order valence-corrected chi connectivity index (χ1v) is 11.7. The lowest BCUT2D eigenvalue weighted by Crippen LogP contribution is -2.63. The topological polar surface area (TPSA) is 84.8 Å². The molecule has 0 aromatic heterocycles. The van der Waals surface area contributed by atoms with E-state index in [1.165, 1.54) is 19.9 Å². The maximum Gasteiger partial charge on any atom is 0.413 e. The Morgan fingerprint density at radius 1 is 1.24 bits per heavy atom. The van der Waals surface area contributed by atoms with Crippen molar-refractivity contribution in [3.05, 3.63) is 34.1 Å². The summed E-state index contributed by atoms with van der Waals surface area (Å²) in [5.41, 5.74) is -1.98. The monoisotopic (exact) mass is 488 g/mol. The molecule has 6 nitrogen and oxygen atoms in total. The molecule has 1 saturated carbocycles. The molecule has 1 aliphatic carbocycles. The predicted octanol–water partition coefficient (Wildman–Crippen LogP) is 4.47. The van der Waals surface area contributed by atoms with Gasteiger partial charge in [-0.1, -0.05) is 15.9 Å².